The number of non-ortho nitro benzene ring substituents is 1. The zero-order valence-electron chi connectivity index (χ0n) is 12.0. The van der Waals surface area contributed by atoms with Crippen LogP contribution >= 0.6 is 11.3 Å². The number of nitro benzene ring substituents is 1. The van der Waals surface area contributed by atoms with Crippen LogP contribution in [0.15, 0.2) is 41.8 Å². The van der Waals surface area contributed by atoms with E-state index in [-0.39, 0.29) is 23.4 Å². The number of carbonyl (C=O) groups is 2. The van der Waals surface area contributed by atoms with Crippen LogP contribution in [0.2, 0.25) is 0 Å². The topological polar surface area (TPSA) is 92.5 Å². The Morgan fingerprint density at radius 1 is 1.22 bits per heavy atom. The Labute approximate surface area is 135 Å². The number of thiophene rings is 1. The number of hydrogen-bond acceptors (Lipinski definition) is 5. The lowest BCUT2D eigenvalue weighted by atomic mass is 9.98. The SMILES string of the molecule is O=C(Nc1ccc([N+](=O)[O-])cc1)C1CN(C(=O)c2cccs2)C1. The third-order valence-electron chi connectivity index (χ3n) is 3.62. The molecule has 1 aliphatic heterocycles. The van der Waals surface area contributed by atoms with Crippen LogP contribution in [0.25, 0.3) is 0 Å². The summed E-state index contributed by atoms with van der Waals surface area (Å²) in [5, 5.41) is 15.1. The first kappa shape index (κ1) is 15.2. The first-order chi connectivity index (χ1) is 11.0. The average Bonchev–Trinajstić information content (AvgIpc) is 3.00. The second-order valence-corrected chi connectivity index (χ2v) is 6.13. The molecule has 1 aromatic carbocycles. The number of hydrogen-bond donors (Lipinski definition) is 1. The van der Waals surface area contributed by atoms with Crippen molar-refractivity contribution < 1.29 is 14.5 Å². The Hall–Kier alpha value is -2.74. The Morgan fingerprint density at radius 2 is 1.91 bits per heavy atom. The van der Waals surface area contributed by atoms with E-state index < -0.39 is 4.92 Å². The lowest BCUT2D eigenvalue weighted by molar-refractivity contribution is -0.384. The van der Waals surface area contributed by atoms with Gasteiger partial charge in [-0.3, -0.25) is 19.7 Å². The van der Waals surface area contributed by atoms with Gasteiger partial charge in [0.05, 0.1) is 15.7 Å². The maximum Gasteiger partial charge on any atom is 0.269 e. The fourth-order valence-corrected chi connectivity index (χ4v) is 2.97. The van der Waals surface area contributed by atoms with E-state index >= 15 is 0 Å². The van der Waals surface area contributed by atoms with Crippen molar-refractivity contribution in [1.82, 2.24) is 4.90 Å². The molecule has 1 aliphatic rings. The summed E-state index contributed by atoms with van der Waals surface area (Å²) in [5.74, 6) is -0.498. The molecule has 0 aliphatic carbocycles. The fourth-order valence-electron chi connectivity index (χ4n) is 2.28. The van der Waals surface area contributed by atoms with E-state index in [1.165, 1.54) is 35.6 Å². The van der Waals surface area contributed by atoms with Crippen LogP contribution in [0, 0.1) is 16.0 Å². The van der Waals surface area contributed by atoms with Crippen LogP contribution in [0.3, 0.4) is 0 Å². The Kier molecular flexibility index (Phi) is 4.07. The summed E-state index contributed by atoms with van der Waals surface area (Å²) in [6, 6.07) is 9.23. The lowest BCUT2D eigenvalue weighted by Gasteiger charge is -2.37. The van der Waals surface area contributed by atoms with E-state index in [2.05, 4.69) is 5.32 Å². The van der Waals surface area contributed by atoms with Gasteiger partial charge < -0.3 is 10.2 Å². The fraction of sp³-hybridized carbons (Fsp3) is 0.200. The molecule has 0 radical (unpaired) electrons. The van der Waals surface area contributed by atoms with Gasteiger partial charge in [0.1, 0.15) is 0 Å². The summed E-state index contributed by atoms with van der Waals surface area (Å²) < 4.78 is 0. The molecule has 23 heavy (non-hydrogen) atoms. The molecule has 2 heterocycles. The smallest absolute Gasteiger partial charge is 0.269 e. The molecule has 1 N–H and O–H groups in total. The monoisotopic (exact) mass is 331 g/mol. The number of nitrogens with zero attached hydrogens (tertiary/aromatic N) is 2. The summed E-state index contributed by atoms with van der Waals surface area (Å²) >= 11 is 1.38. The van der Waals surface area contributed by atoms with E-state index in [0.717, 1.165) is 0 Å². The predicted octanol–water partition coefficient (Wildman–Crippen LogP) is 2.37. The Balaban J connectivity index is 1.52. The molecule has 0 unspecified atom stereocenters. The number of anilines is 1. The normalized spacial score (nSPS) is 14.2. The van der Waals surface area contributed by atoms with E-state index in [0.29, 0.717) is 23.7 Å². The number of rotatable bonds is 4. The highest BCUT2D eigenvalue weighted by Gasteiger charge is 2.36. The van der Waals surface area contributed by atoms with Crippen LogP contribution in [0.4, 0.5) is 11.4 Å². The first-order valence-electron chi connectivity index (χ1n) is 6.92. The summed E-state index contributed by atoms with van der Waals surface area (Å²) in [5.41, 5.74) is 0.475. The van der Waals surface area contributed by atoms with Gasteiger partial charge in [0, 0.05) is 30.9 Å². The van der Waals surface area contributed by atoms with Crippen molar-refractivity contribution in [3.05, 3.63) is 56.8 Å². The number of nitro groups is 1. The third-order valence-corrected chi connectivity index (χ3v) is 4.48. The zero-order chi connectivity index (χ0) is 16.4. The number of amides is 2. The minimum absolute atomic E-state index is 0.0284. The highest BCUT2D eigenvalue weighted by molar-refractivity contribution is 7.12. The third kappa shape index (κ3) is 3.21. The van der Waals surface area contributed by atoms with Gasteiger partial charge in [-0.05, 0) is 23.6 Å². The quantitative estimate of drug-likeness (QED) is 0.687. The molecule has 0 spiro atoms. The maximum absolute atomic E-state index is 12.1. The molecule has 1 saturated heterocycles. The molecule has 7 nitrogen and oxygen atoms in total. The Morgan fingerprint density at radius 3 is 2.48 bits per heavy atom. The molecule has 118 valence electrons. The largest absolute Gasteiger partial charge is 0.336 e. The number of carbonyl (C=O) groups excluding carboxylic acids is 2. The van der Waals surface area contributed by atoms with Crippen molar-refractivity contribution in [3.63, 3.8) is 0 Å². The number of nitrogens with one attached hydrogen (secondary N) is 1. The summed E-state index contributed by atoms with van der Waals surface area (Å²) in [6.07, 6.45) is 0. The van der Waals surface area contributed by atoms with E-state index in [1.807, 2.05) is 11.4 Å². The van der Waals surface area contributed by atoms with Gasteiger partial charge in [-0.1, -0.05) is 6.07 Å². The van der Waals surface area contributed by atoms with Crippen molar-refractivity contribution in [2.75, 3.05) is 18.4 Å². The van der Waals surface area contributed by atoms with Crippen molar-refractivity contribution in [2.45, 2.75) is 0 Å². The van der Waals surface area contributed by atoms with E-state index in [9.17, 15) is 19.7 Å². The minimum Gasteiger partial charge on any atom is -0.336 e. The highest BCUT2D eigenvalue weighted by Crippen LogP contribution is 2.23. The lowest BCUT2D eigenvalue weighted by Crippen LogP contribution is -2.54. The molecule has 0 bridgehead atoms. The Bertz CT molecular complexity index is 737. The van der Waals surface area contributed by atoms with Crippen LogP contribution in [0.5, 0.6) is 0 Å². The van der Waals surface area contributed by atoms with Gasteiger partial charge in [-0.2, -0.15) is 0 Å². The van der Waals surface area contributed by atoms with Crippen LogP contribution in [0.1, 0.15) is 9.67 Å². The van der Waals surface area contributed by atoms with Gasteiger partial charge in [-0.15, -0.1) is 11.3 Å². The van der Waals surface area contributed by atoms with Crippen LogP contribution < -0.4 is 5.32 Å². The standard InChI is InChI=1S/C15H13N3O4S/c19-14(16-11-3-5-12(6-4-11)18(21)22)10-8-17(9-10)15(20)13-2-1-7-23-13/h1-7,10H,8-9H2,(H,16,19). The highest BCUT2D eigenvalue weighted by atomic mass is 32.1. The molecular weight excluding hydrogens is 318 g/mol. The van der Waals surface area contributed by atoms with Crippen molar-refractivity contribution in [1.29, 1.82) is 0 Å². The minimum atomic E-state index is -0.494. The number of benzene rings is 1. The molecule has 0 atom stereocenters. The van der Waals surface area contributed by atoms with Gasteiger partial charge in [-0.25, -0.2) is 0 Å². The molecule has 1 aromatic heterocycles. The molecule has 0 saturated carbocycles. The number of likely N-dealkylation sites (tertiary alicyclic amines) is 1. The van der Waals surface area contributed by atoms with E-state index in [4.69, 9.17) is 0 Å². The molecule has 2 amide bonds. The second kappa shape index (κ2) is 6.17. The van der Waals surface area contributed by atoms with Crippen molar-refractivity contribution in [3.8, 4) is 0 Å². The first-order valence-corrected chi connectivity index (χ1v) is 7.80. The molecule has 1 fully saturated rings. The van der Waals surface area contributed by atoms with Gasteiger partial charge in [0.25, 0.3) is 11.6 Å². The summed E-state index contributed by atoms with van der Waals surface area (Å²) in [7, 11) is 0. The second-order valence-electron chi connectivity index (χ2n) is 5.18. The molecular formula is C15H13N3O4S. The van der Waals surface area contributed by atoms with Crippen LogP contribution in [-0.4, -0.2) is 34.7 Å². The van der Waals surface area contributed by atoms with Crippen molar-refractivity contribution in [2.24, 2.45) is 5.92 Å². The zero-order valence-corrected chi connectivity index (χ0v) is 12.8. The maximum atomic E-state index is 12.1. The summed E-state index contributed by atoms with van der Waals surface area (Å²) in [4.78, 5) is 36.5. The molecule has 2 aromatic rings. The molecule has 8 heteroatoms. The van der Waals surface area contributed by atoms with Gasteiger partial charge in [0.15, 0.2) is 0 Å². The average molecular weight is 331 g/mol. The van der Waals surface area contributed by atoms with Crippen molar-refractivity contribution >= 4 is 34.5 Å². The van der Waals surface area contributed by atoms with E-state index in [1.54, 1.807) is 11.0 Å². The van der Waals surface area contributed by atoms with Gasteiger partial charge >= 0.3 is 0 Å². The molecule has 3 rings (SSSR count). The summed E-state index contributed by atoms with van der Waals surface area (Å²) in [6.45, 7) is 0.769. The van der Waals surface area contributed by atoms with Crippen LogP contribution in [-0.2, 0) is 4.79 Å². The van der Waals surface area contributed by atoms with Gasteiger partial charge in [0.2, 0.25) is 5.91 Å². The predicted molar refractivity (Wildman–Crippen MR) is 85.4 cm³/mol.